The maximum Gasteiger partial charge on any atom is 0.116 e. The molecule has 0 aliphatic carbocycles. The third-order valence-electron chi connectivity index (χ3n) is 5.78. The molecule has 2 N–H and O–H groups in total. The standard InChI is InChI=1S/C23H21N5OS/c1-3-20-17(9-15(1)13-28-5-7-29-8-6-28)11-22(25-20)23-19-10-16(18-12-24-30-14-18)2-4-21(19)26-27-23/h1-4,9-12,14,25H,5-8,13H2,(H,26,27). The zero-order valence-electron chi connectivity index (χ0n) is 16.4. The molecule has 0 amide bonds. The number of ether oxygens (including phenoxy) is 1. The predicted octanol–water partition coefficient (Wildman–Crippen LogP) is 4.67. The predicted molar refractivity (Wildman–Crippen MR) is 121 cm³/mol. The third kappa shape index (κ3) is 3.21. The molecule has 1 saturated heterocycles. The topological polar surface area (TPSA) is 69.8 Å². The van der Waals surface area contributed by atoms with Gasteiger partial charge in [-0.3, -0.25) is 10.00 Å². The summed E-state index contributed by atoms with van der Waals surface area (Å²) in [6.07, 6.45) is 1.91. The van der Waals surface area contributed by atoms with Gasteiger partial charge in [0.2, 0.25) is 0 Å². The van der Waals surface area contributed by atoms with Gasteiger partial charge in [0, 0.05) is 53.1 Å². The van der Waals surface area contributed by atoms with E-state index < -0.39 is 0 Å². The zero-order valence-corrected chi connectivity index (χ0v) is 17.2. The van der Waals surface area contributed by atoms with Crippen molar-refractivity contribution < 1.29 is 4.74 Å². The van der Waals surface area contributed by atoms with Crippen molar-refractivity contribution in [2.75, 3.05) is 26.3 Å². The Kier molecular flexibility index (Phi) is 4.37. The Bertz CT molecular complexity index is 1310. The first-order valence-electron chi connectivity index (χ1n) is 10.1. The van der Waals surface area contributed by atoms with E-state index in [0.717, 1.165) is 71.8 Å². The number of hydrogen-bond acceptors (Lipinski definition) is 5. The Morgan fingerprint density at radius 1 is 1.00 bits per heavy atom. The maximum atomic E-state index is 5.46. The van der Waals surface area contributed by atoms with Crippen molar-refractivity contribution in [3.63, 3.8) is 0 Å². The molecule has 0 saturated carbocycles. The maximum absolute atomic E-state index is 5.46. The van der Waals surface area contributed by atoms with Crippen LogP contribution in [0.4, 0.5) is 0 Å². The largest absolute Gasteiger partial charge is 0.379 e. The molecule has 150 valence electrons. The lowest BCUT2D eigenvalue weighted by molar-refractivity contribution is 0.0342. The highest BCUT2D eigenvalue weighted by molar-refractivity contribution is 7.03. The molecule has 6 nitrogen and oxygen atoms in total. The lowest BCUT2D eigenvalue weighted by Crippen LogP contribution is -2.35. The van der Waals surface area contributed by atoms with Crippen LogP contribution in [-0.2, 0) is 11.3 Å². The van der Waals surface area contributed by atoms with Crippen molar-refractivity contribution in [2.24, 2.45) is 0 Å². The van der Waals surface area contributed by atoms with Crippen molar-refractivity contribution >= 4 is 33.3 Å². The fraction of sp³-hybridized carbons (Fsp3) is 0.217. The second-order valence-electron chi connectivity index (χ2n) is 7.74. The quantitative estimate of drug-likeness (QED) is 0.448. The molecule has 2 aromatic carbocycles. The summed E-state index contributed by atoms with van der Waals surface area (Å²) in [5.74, 6) is 0. The van der Waals surface area contributed by atoms with Crippen LogP contribution in [-0.4, -0.2) is 50.8 Å². The molecule has 30 heavy (non-hydrogen) atoms. The fourth-order valence-electron chi connectivity index (χ4n) is 4.17. The zero-order chi connectivity index (χ0) is 19.9. The van der Waals surface area contributed by atoms with E-state index in [1.807, 2.05) is 6.20 Å². The smallest absolute Gasteiger partial charge is 0.116 e. The number of nitrogens with zero attached hydrogens (tertiary/aromatic N) is 3. The van der Waals surface area contributed by atoms with Crippen LogP contribution in [0, 0.1) is 0 Å². The Labute approximate surface area is 177 Å². The van der Waals surface area contributed by atoms with E-state index in [2.05, 4.69) is 72.3 Å². The van der Waals surface area contributed by atoms with E-state index in [4.69, 9.17) is 4.74 Å². The highest BCUT2D eigenvalue weighted by Crippen LogP contribution is 2.32. The number of H-pyrrole nitrogens is 2. The number of aromatic amines is 2. The van der Waals surface area contributed by atoms with Crippen LogP contribution in [0.1, 0.15) is 5.56 Å². The number of nitrogens with one attached hydrogen (secondary N) is 2. The first kappa shape index (κ1) is 17.8. The molecule has 0 bridgehead atoms. The second-order valence-corrected chi connectivity index (χ2v) is 8.40. The monoisotopic (exact) mass is 415 g/mol. The number of fused-ring (bicyclic) bond motifs is 2. The minimum absolute atomic E-state index is 0.826. The highest BCUT2D eigenvalue weighted by atomic mass is 32.1. The molecule has 0 radical (unpaired) electrons. The summed E-state index contributed by atoms with van der Waals surface area (Å²) in [5, 5.41) is 12.2. The van der Waals surface area contributed by atoms with E-state index in [9.17, 15) is 0 Å². The molecular formula is C23H21N5OS. The molecule has 0 atom stereocenters. The van der Waals surface area contributed by atoms with Crippen LogP contribution < -0.4 is 0 Å². The average Bonchev–Trinajstić information content (AvgIpc) is 3.52. The minimum atomic E-state index is 0.826. The SMILES string of the molecule is c1cc2[nH]c(-c3n[nH]c4ccc(-c5cnsc5)cc34)cc2cc1CN1CCOCC1. The van der Waals surface area contributed by atoms with Gasteiger partial charge in [0.15, 0.2) is 0 Å². The molecule has 4 heterocycles. The van der Waals surface area contributed by atoms with Crippen molar-refractivity contribution in [3.05, 3.63) is 59.6 Å². The molecule has 5 aromatic rings. The molecule has 7 heteroatoms. The molecule has 3 aromatic heterocycles. The first-order chi connectivity index (χ1) is 14.8. The number of morpholine rings is 1. The van der Waals surface area contributed by atoms with E-state index >= 15 is 0 Å². The van der Waals surface area contributed by atoms with E-state index in [1.165, 1.54) is 22.5 Å². The van der Waals surface area contributed by atoms with E-state index in [-0.39, 0.29) is 0 Å². The van der Waals surface area contributed by atoms with Crippen molar-refractivity contribution in [2.45, 2.75) is 6.54 Å². The Morgan fingerprint density at radius 3 is 2.77 bits per heavy atom. The number of hydrogen-bond donors (Lipinski definition) is 2. The number of aromatic nitrogens is 4. The summed E-state index contributed by atoms with van der Waals surface area (Å²) in [7, 11) is 0. The summed E-state index contributed by atoms with van der Waals surface area (Å²) in [4.78, 5) is 5.99. The van der Waals surface area contributed by atoms with Crippen LogP contribution in [0.25, 0.3) is 44.3 Å². The van der Waals surface area contributed by atoms with Gasteiger partial charge >= 0.3 is 0 Å². The van der Waals surface area contributed by atoms with Gasteiger partial charge in [-0.1, -0.05) is 12.1 Å². The van der Waals surface area contributed by atoms with Crippen molar-refractivity contribution in [1.29, 1.82) is 0 Å². The number of rotatable bonds is 4. The molecule has 0 unspecified atom stereocenters. The minimum Gasteiger partial charge on any atom is -0.379 e. The number of benzene rings is 2. The average molecular weight is 416 g/mol. The Hall–Kier alpha value is -3.00. The summed E-state index contributed by atoms with van der Waals surface area (Å²) >= 11 is 1.47. The van der Waals surface area contributed by atoms with Crippen LogP contribution in [0.2, 0.25) is 0 Å². The summed E-state index contributed by atoms with van der Waals surface area (Å²) in [5.41, 5.74) is 7.75. The lowest BCUT2D eigenvalue weighted by atomic mass is 10.1. The lowest BCUT2D eigenvalue weighted by Gasteiger charge is -2.26. The van der Waals surface area contributed by atoms with Crippen LogP contribution in [0.15, 0.2) is 54.0 Å². The highest BCUT2D eigenvalue weighted by Gasteiger charge is 2.14. The normalized spacial score (nSPS) is 15.3. The molecule has 1 aliphatic heterocycles. The van der Waals surface area contributed by atoms with Crippen molar-refractivity contribution in [1.82, 2.24) is 24.5 Å². The first-order valence-corrected chi connectivity index (χ1v) is 11.0. The summed E-state index contributed by atoms with van der Waals surface area (Å²) in [6, 6.07) is 15.2. The van der Waals surface area contributed by atoms with Gasteiger partial charge in [-0.2, -0.15) is 5.10 Å². The van der Waals surface area contributed by atoms with E-state index in [0.29, 0.717) is 0 Å². The van der Waals surface area contributed by atoms with Gasteiger partial charge in [0.25, 0.3) is 0 Å². The second kappa shape index (κ2) is 7.36. The van der Waals surface area contributed by atoms with Gasteiger partial charge in [0.1, 0.15) is 5.69 Å². The molecular weight excluding hydrogens is 394 g/mol. The van der Waals surface area contributed by atoms with E-state index in [1.54, 1.807) is 0 Å². The molecule has 1 aliphatic rings. The van der Waals surface area contributed by atoms with Gasteiger partial charge < -0.3 is 9.72 Å². The van der Waals surface area contributed by atoms with Crippen molar-refractivity contribution in [3.8, 4) is 22.5 Å². The fourth-order valence-corrected chi connectivity index (χ4v) is 4.72. The molecule has 0 spiro atoms. The van der Waals surface area contributed by atoms with Gasteiger partial charge in [-0.05, 0) is 53.0 Å². The van der Waals surface area contributed by atoms with Gasteiger partial charge in [-0.25, -0.2) is 4.37 Å². The van der Waals surface area contributed by atoms with Crippen LogP contribution in [0.3, 0.4) is 0 Å². The Balaban J connectivity index is 1.36. The van der Waals surface area contributed by atoms with Crippen LogP contribution >= 0.6 is 11.5 Å². The molecule has 6 rings (SSSR count). The molecule has 1 fully saturated rings. The summed E-state index contributed by atoms with van der Waals surface area (Å²) in [6.45, 7) is 4.61. The van der Waals surface area contributed by atoms with Gasteiger partial charge in [-0.15, -0.1) is 0 Å². The summed E-state index contributed by atoms with van der Waals surface area (Å²) < 4.78 is 9.69. The van der Waals surface area contributed by atoms with Crippen LogP contribution in [0.5, 0.6) is 0 Å². The van der Waals surface area contributed by atoms with Gasteiger partial charge in [0.05, 0.1) is 24.4 Å². The Morgan fingerprint density at radius 2 is 1.90 bits per heavy atom. The third-order valence-corrected chi connectivity index (χ3v) is 6.37.